The van der Waals surface area contributed by atoms with Gasteiger partial charge in [0, 0.05) is 19.3 Å². The molecule has 4 fully saturated rings. The largest absolute Gasteiger partial charge is 0.463 e. The number of ether oxygens (including phenoxy) is 2. The Morgan fingerprint density at radius 3 is 2.15 bits per heavy atom. The number of hydrogen-bond donors (Lipinski definition) is 0. The molecule has 152 valence electrons. The minimum Gasteiger partial charge on any atom is -0.463 e. The van der Waals surface area contributed by atoms with Gasteiger partial charge in [-0.05, 0) is 86.9 Å². The van der Waals surface area contributed by atoms with Crippen LogP contribution in [0.15, 0.2) is 0 Å². The first-order valence-electron chi connectivity index (χ1n) is 11.1. The van der Waals surface area contributed by atoms with E-state index in [0.717, 1.165) is 31.1 Å². The second-order valence-electron chi connectivity index (χ2n) is 10.4. The highest BCUT2D eigenvalue weighted by atomic mass is 16.5. The minimum absolute atomic E-state index is 0.117. The van der Waals surface area contributed by atoms with E-state index in [1.165, 1.54) is 45.4 Å². The lowest BCUT2D eigenvalue weighted by Gasteiger charge is -2.60. The van der Waals surface area contributed by atoms with Crippen LogP contribution in [0.2, 0.25) is 0 Å². The number of carbonyl (C=O) groups is 2. The lowest BCUT2D eigenvalue weighted by Crippen LogP contribution is -2.54. The predicted octanol–water partition coefficient (Wildman–Crippen LogP) is 4.89. The molecule has 0 N–H and O–H groups in total. The molecule has 0 aliphatic heterocycles. The fourth-order valence-corrected chi connectivity index (χ4v) is 7.91. The Kier molecular flexibility index (Phi) is 4.83. The van der Waals surface area contributed by atoms with E-state index < -0.39 is 0 Å². The van der Waals surface area contributed by atoms with Crippen molar-refractivity contribution in [3.63, 3.8) is 0 Å². The van der Waals surface area contributed by atoms with E-state index in [0.29, 0.717) is 17.3 Å². The number of esters is 2. The molecule has 8 atom stereocenters. The van der Waals surface area contributed by atoms with Crippen molar-refractivity contribution in [2.24, 2.45) is 34.5 Å². The van der Waals surface area contributed by atoms with Crippen LogP contribution < -0.4 is 0 Å². The van der Waals surface area contributed by atoms with E-state index in [-0.39, 0.29) is 29.6 Å². The lowest BCUT2D eigenvalue weighted by molar-refractivity contribution is -0.167. The minimum atomic E-state index is -0.131. The predicted molar refractivity (Wildman–Crippen MR) is 103 cm³/mol. The van der Waals surface area contributed by atoms with Crippen molar-refractivity contribution in [3.8, 4) is 0 Å². The molecule has 4 aliphatic carbocycles. The summed E-state index contributed by atoms with van der Waals surface area (Å²) in [4.78, 5) is 23.0. The molecule has 0 unspecified atom stereocenters. The zero-order chi connectivity index (χ0) is 19.4. The summed E-state index contributed by atoms with van der Waals surface area (Å²) in [7, 11) is 0. The summed E-state index contributed by atoms with van der Waals surface area (Å²) in [6.07, 6.45) is 10.8. The van der Waals surface area contributed by atoms with Crippen LogP contribution in [0.25, 0.3) is 0 Å². The van der Waals surface area contributed by atoms with Crippen molar-refractivity contribution in [2.45, 2.75) is 97.7 Å². The Hall–Kier alpha value is -1.06. The quantitative estimate of drug-likeness (QED) is 0.644. The smallest absolute Gasteiger partial charge is 0.302 e. The summed E-state index contributed by atoms with van der Waals surface area (Å²) < 4.78 is 11.3. The summed E-state index contributed by atoms with van der Waals surface area (Å²) in [6.45, 7) is 8.00. The second-order valence-corrected chi connectivity index (χ2v) is 10.4. The van der Waals surface area contributed by atoms with Gasteiger partial charge in [-0.3, -0.25) is 9.59 Å². The Morgan fingerprint density at radius 2 is 1.44 bits per heavy atom. The maximum atomic E-state index is 11.6. The molecule has 0 bridgehead atoms. The molecule has 27 heavy (non-hydrogen) atoms. The van der Waals surface area contributed by atoms with Crippen LogP contribution >= 0.6 is 0 Å². The molecule has 0 aromatic rings. The topological polar surface area (TPSA) is 52.6 Å². The zero-order valence-corrected chi connectivity index (χ0v) is 17.5. The number of carbonyl (C=O) groups excluding carboxylic acids is 2. The fourth-order valence-electron chi connectivity index (χ4n) is 7.91. The van der Waals surface area contributed by atoms with E-state index in [1.54, 1.807) is 6.92 Å². The highest BCUT2D eigenvalue weighted by Crippen LogP contribution is 2.66. The average molecular weight is 377 g/mol. The van der Waals surface area contributed by atoms with Crippen LogP contribution in [0.1, 0.15) is 85.5 Å². The van der Waals surface area contributed by atoms with Crippen molar-refractivity contribution in [1.82, 2.24) is 0 Å². The third-order valence-electron chi connectivity index (χ3n) is 9.17. The van der Waals surface area contributed by atoms with Crippen molar-refractivity contribution in [3.05, 3.63) is 0 Å². The molecule has 0 spiro atoms. The van der Waals surface area contributed by atoms with E-state index in [4.69, 9.17) is 9.47 Å². The van der Waals surface area contributed by atoms with Gasteiger partial charge in [-0.15, -0.1) is 0 Å². The molecule has 0 aromatic carbocycles. The number of hydrogen-bond acceptors (Lipinski definition) is 4. The molecule has 0 radical (unpaired) electrons. The SMILES string of the molecule is CC(=O)O[C@H]1CC[C@@]2(C)[C@@H](CC[C@@H]3[C@H]2CC[C@]2(C)[C@@H](OC(C)=O)CC[C@@H]32)C1. The number of fused-ring (bicyclic) bond motifs is 5. The molecular formula is C23H36O4. The van der Waals surface area contributed by atoms with Crippen molar-refractivity contribution in [1.29, 1.82) is 0 Å². The van der Waals surface area contributed by atoms with Crippen molar-refractivity contribution < 1.29 is 19.1 Å². The normalized spacial score (nSPS) is 48.7. The van der Waals surface area contributed by atoms with Gasteiger partial charge >= 0.3 is 11.9 Å². The molecule has 0 amide bonds. The Balaban J connectivity index is 1.51. The van der Waals surface area contributed by atoms with Crippen LogP contribution in [-0.2, 0) is 19.1 Å². The van der Waals surface area contributed by atoms with Gasteiger partial charge in [0.2, 0.25) is 0 Å². The van der Waals surface area contributed by atoms with Crippen molar-refractivity contribution >= 4 is 11.9 Å². The Morgan fingerprint density at radius 1 is 0.778 bits per heavy atom. The second kappa shape index (κ2) is 6.77. The van der Waals surface area contributed by atoms with Gasteiger partial charge in [-0.25, -0.2) is 0 Å². The van der Waals surface area contributed by atoms with Crippen LogP contribution in [-0.4, -0.2) is 24.1 Å². The van der Waals surface area contributed by atoms with Crippen LogP contribution in [0.3, 0.4) is 0 Å². The highest BCUT2D eigenvalue weighted by molar-refractivity contribution is 5.66. The molecule has 0 saturated heterocycles. The molecule has 4 heteroatoms. The van der Waals surface area contributed by atoms with Gasteiger partial charge in [0.1, 0.15) is 12.2 Å². The maximum absolute atomic E-state index is 11.6. The molecule has 4 saturated carbocycles. The number of rotatable bonds is 2. The first-order valence-corrected chi connectivity index (χ1v) is 11.1. The van der Waals surface area contributed by atoms with Crippen molar-refractivity contribution in [2.75, 3.05) is 0 Å². The summed E-state index contributed by atoms with van der Waals surface area (Å²) >= 11 is 0. The van der Waals surface area contributed by atoms with Gasteiger partial charge in [0.15, 0.2) is 0 Å². The Bertz CT molecular complexity index is 615. The fraction of sp³-hybridized carbons (Fsp3) is 0.913. The average Bonchev–Trinajstić information content (AvgIpc) is 2.91. The van der Waals surface area contributed by atoms with Gasteiger partial charge in [0.05, 0.1) is 0 Å². The molecule has 4 nitrogen and oxygen atoms in total. The summed E-state index contributed by atoms with van der Waals surface area (Å²) in [5.41, 5.74) is 0.561. The summed E-state index contributed by atoms with van der Waals surface area (Å²) in [5, 5.41) is 0. The van der Waals surface area contributed by atoms with E-state index >= 15 is 0 Å². The van der Waals surface area contributed by atoms with Crippen LogP contribution in [0.5, 0.6) is 0 Å². The van der Waals surface area contributed by atoms with E-state index in [9.17, 15) is 9.59 Å². The first kappa shape index (κ1) is 19.3. The van der Waals surface area contributed by atoms with Gasteiger partial charge in [-0.2, -0.15) is 0 Å². The molecule has 4 aliphatic rings. The van der Waals surface area contributed by atoms with Gasteiger partial charge in [-0.1, -0.05) is 13.8 Å². The lowest BCUT2D eigenvalue weighted by atomic mass is 9.45. The summed E-state index contributed by atoms with van der Waals surface area (Å²) in [5.74, 6) is 2.69. The zero-order valence-electron chi connectivity index (χ0n) is 17.5. The van der Waals surface area contributed by atoms with Gasteiger partial charge in [0.25, 0.3) is 0 Å². The van der Waals surface area contributed by atoms with E-state index in [1.807, 2.05) is 0 Å². The third-order valence-corrected chi connectivity index (χ3v) is 9.17. The first-order chi connectivity index (χ1) is 12.7. The summed E-state index contributed by atoms with van der Waals surface area (Å²) in [6, 6.07) is 0. The monoisotopic (exact) mass is 376 g/mol. The maximum Gasteiger partial charge on any atom is 0.302 e. The van der Waals surface area contributed by atoms with Gasteiger partial charge < -0.3 is 9.47 Å². The molecular weight excluding hydrogens is 340 g/mol. The molecule has 0 heterocycles. The van der Waals surface area contributed by atoms with Crippen LogP contribution in [0.4, 0.5) is 0 Å². The Labute approximate surface area is 163 Å². The highest BCUT2D eigenvalue weighted by Gasteiger charge is 2.61. The standard InChI is InChI=1S/C23H36O4/c1-14(24)26-17-9-11-22(3)16(13-17)5-6-18-19-7-8-21(27-15(2)25)23(19,4)12-10-20(18)22/h16-21H,5-13H2,1-4H3/t16-,17-,18-,19-,20+,21-,22-,23-/m0/s1. The van der Waals surface area contributed by atoms with Crippen LogP contribution in [0, 0.1) is 34.5 Å². The third kappa shape index (κ3) is 3.11. The molecule has 4 rings (SSSR count). The molecule has 0 aromatic heterocycles. The van der Waals surface area contributed by atoms with E-state index in [2.05, 4.69) is 13.8 Å².